The molecule has 2 heterocycles. The smallest absolute Gasteiger partial charge is 0.365 e. The van der Waals surface area contributed by atoms with Crippen LogP contribution in [0.5, 0.6) is 0 Å². The fourth-order valence-corrected chi connectivity index (χ4v) is 2.67. The quantitative estimate of drug-likeness (QED) is 0.576. The molecule has 9 nitrogen and oxygen atoms in total. The zero-order valence-electron chi connectivity index (χ0n) is 13.3. The van der Waals surface area contributed by atoms with Gasteiger partial charge in [0.15, 0.2) is 11.4 Å². The minimum Gasteiger partial charge on any atom is -0.398 e. The topological polar surface area (TPSA) is 135 Å². The van der Waals surface area contributed by atoms with Gasteiger partial charge in [-0.25, -0.2) is 9.89 Å². The van der Waals surface area contributed by atoms with Crippen LogP contribution in [0, 0.1) is 0 Å². The molecule has 0 aliphatic carbocycles. The average Bonchev–Trinajstić information content (AvgIpc) is 2.95. The van der Waals surface area contributed by atoms with Gasteiger partial charge in [-0.05, 0) is 12.1 Å². The fourth-order valence-electron chi connectivity index (χ4n) is 2.67. The summed E-state index contributed by atoms with van der Waals surface area (Å²) in [7, 11) is 0. The number of para-hydroxylation sites is 2. The molecule has 0 unspecified atom stereocenters. The van der Waals surface area contributed by atoms with E-state index in [4.69, 9.17) is 5.73 Å². The van der Waals surface area contributed by atoms with Crippen molar-refractivity contribution < 1.29 is 4.79 Å². The van der Waals surface area contributed by atoms with Gasteiger partial charge < -0.3 is 11.1 Å². The number of anilines is 2. The van der Waals surface area contributed by atoms with Crippen LogP contribution in [-0.4, -0.2) is 26.5 Å². The summed E-state index contributed by atoms with van der Waals surface area (Å²) >= 11 is 0. The number of aromatic nitrogens is 3. The Morgan fingerprint density at radius 1 is 0.962 bits per heavy atom. The lowest BCUT2D eigenvalue weighted by Crippen LogP contribution is -2.36. The third-order valence-electron chi connectivity index (χ3n) is 3.91. The number of aromatic amines is 1. The number of hydrogen-bond acceptors (Lipinski definition) is 6. The average molecular weight is 348 g/mol. The third-order valence-corrected chi connectivity index (χ3v) is 3.91. The second-order valence-electron chi connectivity index (χ2n) is 5.53. The lowest BCUT2D eigenvalue weighted by atomic mass is 10.1. The van der Waals surface area contributed by atoms with E-state index in [1.807, 2.05) is 0 Å². The number of fused-ring (bicyclic) bond motifs is 1. The number of carbonyl (C=O) groups excluding carboxylic acids is 1. The molecule has 0 fully saturated rings. The van der Waals surface area contributed by atoms with Crippen LogP contribution in [0.2, 0.25) is 0 Å². The molecule has 1 aliphatic heterocycles. The summed E-state index contributed by atoms with van der Waals surface area (Å²) in [6, 6.07) is 13.5. The lowest BCUT2D eigenvalue weighted by Gasteiger charge is -2.05. The molecular weight excluding hydrogens is 336 g/mol. The van der Waals surface area contributed by atoms with Crippen molar-refractivity contribution in [3.05, 3.63) is 74.9 Å². The number of nitrogen functional groups attached to an aromatic ring is 1. The molecule has 2 aromatic carbocycles. The lowest BCUT2D eigenvalue weighted by molar-refractivity contribution is -0.110. The molecule has 128 valence electrons. The standard InChI is InChI=1S/C17H12N6O3/c18-11-7-3-1-5-9(11)14-16(25)23(17(26)21-20-14)22-13-10-6-2-4-8-12(10)19-15(13)24/h1-8H,18H2,(H,21,26)(H,19,22,24). The molecule has 0 spiro atoms. The highest BCUT2D eigenvalue weighted by Gasteiger charge is 2.26. The molecule has 1 aliphatic rings. The van der Waals surface area contributed by atoms with Crippen LogP contribution in [0.15, 0.2) is 63.2 Å². The number of H-pyrrole nitrogens is 1. The van der Waals surface area contributed by atoms with E-state index in [9.17, 15) is 14.4 Å². The van der Waals surface area contributed by atoms with Crippen molar-refractivity contribution in [2.45, 2.75) is 0 Å². The Balaban J connectivity index is 1.93. The van der Waals surface area contributed by atoms with Gasteiger partial charge in [-0.3, -0.25) is 9.59 Å². The van der Waals surface area contributed by atoms with E-state index in [1.54, 1.807) is 48.5 Å². The van der Waals surface area contributed by atoms with Gasteiger partial charge in [0.1, 0.15) is 0 Å². The second-order valence-corrected chi connectivity index (χ2v) is 5.53. The highest BCUT2D eigenvalue weighted by Crippen LogP contribution is 2.23. The maximum atomic E-state index is 12.7. The first-order valence-electron chi connectivity index (χ1n) is 7.62. The first kappa shape index (κ1) is 15.5. The Hall–Kier alpha value is -4.01. The Morgan fingerprint density at radius 2 is 1.65 bits per heavy atom. The molecular formula is C17H12N6O3. The number of hydrogen-bond donors (Lipinski definition) is 3. The van der Waals surface area contributed by atoms with E-state index in [-0.39, 0.29) is 11.4 Å². The predicted octanol–water partition coefficient (Wildman–Crippen LogP) is 0.385. The van der Waals surface area contributed by atoms with Crippen LogP contribution in [0.1, 0.15) is 5.56 Å². The van der Waals surface area contributed by atoms with Crippen LogP contribution in [0.4, 0.5) is 11.4 Å². The number of amides is 1. The summed E-state index contributed by atoms with van der Waals surface area (Å²) in [5.74, 6) is -0.505. The van der Waals surface area contributed by atoms with Gasteiger partial charge in [0.05, 0.1) is 5.69 Å². The van der Waals surface area contributed by atoms with E-state index in [2.05, 4.69) is 20.6 Å². The zero-order valence-corrected chi connectivity index (χ0v) is 13.3. The van der Waals surface area contributed by atoms with Crippen molar-refractivity contribution in [1.29, 1.82) is 0 Å². The van der Waals surface area contributed by atoms with Gasteiger partial charge in [0.2, 0.25) is 0 Å². The molecule has 3 aromatic rings. The van der Waals surface area contributed by atoms with Gasteiger partial charge in [-0.2, -0.15) is 10.2 Å². The van der Waals surface area contributed by atoms with E-state index in [0.29, 0.717) is 27.2 Å². The maximum absolute atomic E-state index is 12.7. The molecule has 0 radical (unpaired) electrons. The summed E-state index contributed by atoms with van der Waals surface area (Å²) in [5.41, 5.74) is 5.87. The van der Waals surface area contributed by atoms with Crippen molar-refractivity contribution in [2.75, 3.05) is 11.1 Å². The Kier molecular flexibility index (Phi) is 3.47. The molecule has 0 bridgehead atoms. The first-order valence-corrected chi connectivity index (χ1v) is 7.62. The van der Waals surface area contributed by atoms with Crippen LogP contribution in [-0.2, 0) is 4.79 Å². The van der Waals surface area contributed by atoms with Gasteiger partial charge in [-0.15, -0.1) is 4.68 Å². The van der Waals surface area contributed by atoms with Crippen molar-refractivity contribution in [2.24, 2.45) is 5.10 Å². The predicted molar refractivity (Wildman–Crippen MR) is 96.0 cm³/mol. The Bertz CT molecular complexity index is 1190. The molecule has 0 atom stereocenters. The highest BCUT2D eigenvalue weighted by atomic mass is 16.2. The van der Waals surface area contributed by atoms with Crippen molar-refractivity contribution in [3.63, 3.8) is 0 Å². The Labute approximate surface area is 145 Å². The number of benzene rings is 2. The first-order chi connectivity index (χ1) is 12.6. The summed E-state index contributed by atoms with van der Waals surface area (Å²) < 4.78 is 0.575. The SMILES string of the molecule is Nc1ccccc1-c1n[nH]c(=O)n(/N=C2/C(=O)Nc3ccccc32)c1=O. The number of rotatable bonds is 2. The minimum absolute atomic E-state index is 0.0358. The molecule has 1 amide bonds. The van der Waals surface area contributed by atoms with E-state index < -0.39 is 17.2 Å². The third kappa shape index (κ3) is 2.38. The molecule has 4 N–H and O–H groups in total. The number of nitrogens with two attached hydrogens (primary N) is 1. The van der Waals surface area contributed by atoms with Gasteiger partial charge >= 0.3 is 11.2 Å². The number of nitrogens with one attached hydrogen (secondary N) is 2. The van der Waals surface area contributed by atoms with Crippen molar-refractivity contribution in [3.8, 4) is 11.3 Å². The van der Waals surface area contributed by atoms with Crippen molar-refractivity contribution in [1.82, 2.24) is 14.9 Å². The van der Waals surface area contributed by atoms with E-state index in [0.717, 1.165) is 0 Å². The van der Waals surface area contributed by atoms with Gasteiger partial charge in [0.25, 0.3) is 5.91 Å². The fraction of sp³-hybridized carbons (Fsp3) is 0. The van der Waals surface area contributed by atoms with Crippen LogP contribution in [0.3, 0.4) is 0 Å². The van der Waals surface area contributed by atoms with Crippen LogP contribution >= 0.6 is 0 Å². The summed E-state index contributed by atoms with van der Waals surface area (Å²) in [4.78, 5) is 37.0. The zero-order chi connectivity index (χ0) is 18.3. The summed E-state index contributed by atoms with van der Waals surface area (Å²) in [5, 5.41) is 12.6. The van der Waals surface area contributed by atoms with E-state index >= 15 is 0 Å². The highest BCUT2D eigenvalue weighted by molar-refractivity contribution is 6.53. The molecule has 0 saturated heterocycles. The summed E-state index contributed by atoms with van der Waals surface area (Å²) in [6.07, 6.45) is 0. The van der Waals surface area contributed by atoms with Gasteiger partial charge in [-0.1, -0.05) is 36.4 Å². The monoisotopic (exact) mass is 348 g/mol. The normalized spacial score (nSPS) is 14.3. The molecule has 1 aromatic heterocycles. The van der Waals surface area contributed by atoms with Crippen LogP contribution < -0.4 is 22.3 Å². The van der Waals surface area contributed by atoms with Gasteiger partial charge in [0, 0.05) is 16.8 Å². The molecule has 9 heteroatoms. The molecule has 0 saturated carbocycles. The van der Waals surface area contributed by atoms with Crippen LogP contribution in [0.25, 0.3) is 11.3 Å². The number of carbonyl (C=O) groups is 1. The Morgan fingerprint density at radius 3 is 2.42 bits per heavy atom. The number of nitrogens with zero attached hydrogens (tertiary/aromatic N) is 3. The largest absolute Gasteiger partial charge is 0.398 e. The minimum atomic E-state index is -0.863. The molecule has 4 rings (SSSR count). The van der Waals surface area contributed by atoms with E-state index in [1.165, 1.54) is 0 Å². The maximum Gasteiger partial charge on any atom is 0.365 e. The molecule has 26 heavy (non-hydrogen) atoms. The van der Waals surface area contributed by atoms with Crippen molar-refractivity contribution >= 4 is 23.0 Å². The second kappa shape index (κ2) is 5.81. The summed E-state index contributed by atoms with van der Waals surface area (Å²) in [6.45, 7) is 0.